The van der Waals surface area contributed by atoms with E-state index in [2.05, 4.69) is 121 Å². The van der Waals surface area contributed by atoms with Gasteiger partial charge in [0, 0.05) is 5.56 Å². The van der Waals surface area contributed by atoms with Gasteiger partial charge in [-0.25, -0.2) is 4.57 Å². The molecule has 0 radical (unpaired) electrons. The second-order valence-electron chi connectivity index (χ2n) is 10.7. The van der Waals surface area contributed by atoms with Gasteiger partial charge in [0.15, 0.2) is 5.52 Å². The van der Waals surface area contributed by atoms with E-state index in [-0.39, 0.29) is 0 Å². The van der Waals surface area contributed by atoms with Gasteiger partial charge in [-0.3, -0.25) is 0 Å². The lowest BCUT2D eigenvalue weighted by atomic mass is 9.80. The van der Waals surface area contributed by atoms with Gasteiger partial charge < -0.3 is 0 Å². The van der Waals surface area contributed by atoms with Crippen LogP contribution in [0.3, 0.4) is 0 Å². The van der Waals surface area contributed by atoms with Crippen molar-refractivity contribution in [1.29, 1.82) is 0 Å². The third-order valence-corrected chi connectivity index (χ3v) is 7.23. The largest absolute Gasteiger partial charge is 0.287 e. The fourth-order valence-electron chi connectivity index (χ4n) is 5.06. The molecule has 34 heavy (non-hydrogen) atoms. The van der Waals surface area contributed by atoms with Gasteiger partial charge in [-0.2, -0.15) is 0 Å². The Morgan fingerprint density at radius 3 is 1.97 bits per heavy atom. The third kappa shape index (κ3) is 4.27. The highest BCUT2D eigenvalue weighted by atomic mass is 15.0. The maximum absolute atomic E-state index is 4.66. The first-order chi connectivity index (χ1) is 16.1. The van der Waals surface area contributed by atoms with Crippen LogP contribution in [-0.4, -0.2) is 4.98 Å². The molecule has 0 spiro atoms. The summed E-state index contributed by atoms with van der Waals surface area (Å²) >= 11 is 0. The van der Waals surface area contributed by atoms with Crippen molar-refractivity contribution in [2.45, 2.75) is 73.1 Å². The first kappa shape index (κ1) is 24.1. The number of aromatic nitrogens is 2. The SMILES string of the molecule is Cc1cc(-c2c(C(C)C)cc(C(C)C)cc2C(C)C)cc(-c2c3ccccc3nc[n+]2C)c1C. The van der Waals surface area contributed by atoms with E-state index in [0.29, 0.717) is 17.8 Å². The summed E-state index contributed by atoms with van der Waals surface area (Å²) in [7, 11) is 2.10. The topological polar surface area (TPSA) is 16.8 Å². The monoisotopic (exact) mass is 451 g/mol. The Balaban J connectivity index is 2.08. The molecule has 3 aromatic carbocycles. The van der Waals surface area contributed by atoms with Crippen LogP contribution in [0.2, 0.25) is 0 Å². The standard InChI is InChI=1S/C32H39N2/c1-19(2)24-15-27(20(3)4)31(28(16-24)21(5)6)25-14-22(7)23(8)29(17-25)32-26-12-10-11-13-30(26)33-18-34(32)9/h10-21H,1-9H3/q+1. The van der Waals surface area contributed by atoms with Gasteiger partial charge in [-0.1, -0.05) is 71.9 Å². The molecule has 176 valence electrons. The second-order valence-corrected chi connectivity index (χ2v) is 10.7. The molecule has 2 heteroatoms. The summed E-state index contributed by atoms with van der Waals surface area (Å²) in [5.41, 5.74) is 13.3. The van der Waals surface area contributed by atoms with Crippen molar-refractivity contribution in [3.05, 3.63) is 82.7 Å². The molecule has 0 aliphatic heterocycles. The number of benzene rings is 3. The van der Waals surface area contributed by atoms with E-state index in [9.17, 15) is 0 Å². The van der Waals surface area contributed by atoms with E-state index in [1.807, 2.05) is 6.33 Å². The van der Waals surface area contributed by atoms with E-state index < -0.39 is 0 Å². The molecule has 0 unspecified atom stereocenters. The molecule has 0 bridgehead atoms. The van der Waals surface area contributed by atoms with E-state index in [0.717, 1.165) is 5.52 Å². The maximum atomic E-state index is 4.66. The van der Waals surface area contributed by atoms with Gasteiger partial charge >= 0.3 is 0 Å². The quantitative estimate of drug-likeness (QED) is 0.278. The Bertz CT molecular complexity index is 1330. The van der Waals surface area contributed by atoms with Crippen LogP contribution in [-0.2, 0) is 7.05 Å². The van der Waals surface area contributed by atoms with Gasteiger partial charge in [-0.15, -0.1) is 0 Å². The number of nitrogens with zero attached hydrogens (tertiary/aromatic N) is 2. The van der Waals surface area contributed by atoms with Gasteiger partial charge in [0.05, 0.1) is 12.4 Å². The number of hydrogen-bond donors (Lipinski definition) is 0. The van der Waals surface area contributed by atoms with Crippen LogP contribution < -0.4 is 4.57 Å². The number of aryl methyl sites for hydroxylation is 2. The summed E-state index contributed by atoms with van der Waals surface area (Å²) in [6, 6.07) is 18.2. The van der Waals surface area contributed by atoms with Gasteiger partial charge in [0.2, 0.25) is 0 Å². The zero-order chi connectivity index (χ0) is 24.7. The number of hydrogen-bond acceptors (Lipinski definition) is 1. The fraction of sp³-hybridized carbons (Fsp3) is 0.375. The molecule has 1 heterocycles. The summed E-state index contributed by atoms with van der Waals surface area (Å²) in [6.07, 6.45) is 1.94. The molecule has 0 amide bonds. The molecule has 0 saturated heterocycles. The number of fused-ring (bicyclic) bond motifs is 1. The summed E-state index contributed by atoms with van der Waals surface area (Å²) in [6.45, 7) is 18.4. The third-order valence-electron chi connectivity index (χ3n) is 7.23. The van der Waals surface area contributed by atoms with Crippen molar-refractivity contribution in [2.75, 3.05) is 0 Å². The van der Waals surface area contributed by atoms with Crippen LogP contribution in [0.4, 0.5) is 0 Å². The molecule has 1 aromatic heterocycles. The Hall–Kier alpha value is -3.00. The van der Waals surface area contributed by atoms with Crippen LogP contribution in [0.1, 0.15) is 87.1 Å². The number of rotatable bonds is 5. The van der Waals surface area contributed by atoms with Crippen LogP contribution in [0.15, 0.2) is 54.9 Å². The smallest absolute Gasteiger partial charge is 0.232 e. The lowest BCUT2D eigenvalue weighted by Gasteiger charge is -2.24. The lowest BCUT2D eigenvalue weighted by Crippen LogP contribution is -2.31. The highest BCUT2D eigenvalue weighted by Gasteiger charge is 2.22. The van der Waals surface area contributed by atoms with Crippen LogP contribution >= 0.6 is 0 Å². The molecule has 4 rings (SSSR count). The minimum Gasteiger partial charge on any atom is -0.232 e. The minimum absolute atomic E-state index is 0.453. The fourth-order valence-corrected chi connectivity index (χ4v) is 5.06. The first-order valence-electron chi connectivity index (χ1n) is 12.6. The molecule has 0 N–H and O–H groups in total. The average molecular weight is 452 g/mol. The summed E-state index contributed by atoms with van der Waals surface area (Å²) in [5.74, 6) is 1.42. The normalized spacial score (nSPS) is 11.9. The highest BCUT2D eigenvalue weighted by Crippen LogP contribution is 2.41. The Kier molecular flexibility index (Phi) is 6.62. The van der Waals surface area contributed by atoms with Crippen molar-refractivity contribution in [2.24, 2.45) is 7.05 Å². The molecule has 0 atom stereocenters. The van der Waals surface area contributed by atoms with E-state index in [1.54, 1.807) is 0 Å². The molecular formula is C32H39N2+. The highest BCUT2D eigenvalue weighted by molar-refractivity contribution is 5.92. The van der Waals surface area contributed by atoms with Crippen LogP contribution in [0.25, 0.3) is 33.3 Å². The summed E-state index contributed by atoms with van der Waals surface area (Å²) in [5, 5.41) is 1.19. The number of para-hydroxylation sites is 1. The lowest BCUT2D eigenvalue weighted by molar-refractivity contribution is -0.662. The van der Waals surface area contributed by atoms with Gasteiger partial charge in [-0.05, 0) is 93.7 Å². The molecule has 0 aliphatic rings. The first-order valence-corrected chi connectivity index (χ1v) is 12.6. The molecule has 0 saturated carbocycles. The van der Waals surface area contributed by atoms with Gasteiger partial charge in [0.25, 0.3) is 6.33 Å². The van der Waals surface area contributed by atoms with E-state index in [1.165, 1.54) is 55.6 Å². The summed E-state index contributed by atoms with van der Waals surface area (Å²) < 4.78 is 2.17. The molecule has 0 aliphatic carbocycles. The molecular weight excluding hydrogens is 412 g/mol. The van der Waals surface area contributed by atoms with Crippen LogP contribution in [0, 0.1) is 13.8 Å². The predicted molar refractivity (Wildman–Crippen MR) is 146 cm³/mol. The van der Waals surface area contributed by atoms with Gasteiger partial charge in [0.1, 0.15) is 5.69 Å². The Labute approximate surface area is 205 Å². The Morgan fingerprint density at radius 1 is 0.765 bits per heavy atom. The van der Waals surface area contributed by atoms with Crippen LogP contribution in [0.5, 0.6) is 0 Å². The molecule has 4 aromatic rings. The Morgan fingerprint density at radius 2 is 1.38 bits per heavy atom. The van der Waals surface area contributed by atoms with Crippen molar-refractivity contribution in [3.8, 4) is 22.4 Å². The molecule has 2 nitrogen and oxygen atoms in total. The zero-order valence-electron chi connectivity index (χ0n) is 22.3. The van der Waals surface area contributed by atoms with Crippen molar-refractivity contribution >= 4 is 10.9 Å². The molecule has 0 fully saturated rings. The van der Waals surface area contributed by atoms with Crippen molar-refractivity contribution in [3.63, 3.8) is 0 Å². The zero-order valence-corrected chi connectivity index (χ0v) is 22.3. The van der Waals surface area contributed by atoms with Crippen molar-refractivity contribution < 1.29 is 4.57 Å². The van der Waals surface area contributed by atoms with E-state index >= 15 is 0 Å². The minimum atomic E-state index is 0.453. The summed E-state index contributed by atoms with van der Waals surface area (Å²) in [4.78, 5) is 4.66. The average Bonchev–Trinajstić information content (AvgIpc) is 2.80. The second kappa shape index (κ2) is 9.33. The van der Waals surface area contributed by atoms with Crippen molar-refractivity contribution in [1.82, 2.24) is 4.98 Å². The predicted octanol–water partition coefficient (Wildman–Crippen LogP) is 8.38. The maximum Gasteiger partial charge on any atom is 0.287 e. The van der Waals surface area contributed by atoms with E-state index in [4.69, 9.17) is 0 Å².